The highest BCUT2D eigenvalue weighted by molar-refractivity contribution is 5.79. The average molecular weight is 471 g/mol. The summed E-state index contributed by atoms with van der Waals surface area (Å²) in [6.45, 7) is 5.12. The number of carbonyl (C=O) groups is 2. The Morgan fingerprint density at radius 2 is 1.88 bits per heavy atom. The smallest absolute Gasteiger partial charge is 0.308 e. The first kappa shape index (κ1) is 23.0. The van der Waals surface area contributed by atoms with Gasteiger partial charge >= 0.3 is 5.97 Å². The van der Waals surface area contributed by atoms with Crippen LogP contribution in [0.3, 0.4) is 0 Å². The number of halogens is 1. The second kappa shape index (κ2) is 9.46. The van der Waals surface area contributed by atoms with Gasteiger partial charge < -0.3 is 14.4 Å². The summed E-state index contributed by atoms with van der Waals surface area (Å²) in [6.07, 6.45) is 2.09. The molecular formula is C25H31FN4O4. The van der Waals surface area contributed by atoms with Crippen LogP contribution in [0.1, 0.15) is 35.4 Å². The zero-order chi connectivity index (χ0) is 23.8. The molecule has 2 aromatic rings. The van der Waals surface area contributed by atoms with Gasteiger partial charge in [0, 0.05) is 18.6 Å². The van der Waals surface area contributed by atoms with Gasteiger partial charge in [-0.15, -0.1) is 0 Å². The summed E-state index contributed by atoms with van der Waals surface area (Å²) in [5.41, 5.74) is 4.21. The summed E-state index contributed by atoms with van der Waals surface area (Å²) < 4.78 is 25.9. The van der Waals surface area contributed by atoms with E-state index in [9.17, 15) is 14.0 Å². The van der Waals surface area contributed by atoms with Crippen LogP contribution in [0.15, 0.2) is 24.3 Å². The Morgan fingerprint density at radius 1 is 1.18 bits per heavy atom. The van der Waals surface area contributed by atoms with E-state index in [0.717, 1.165) is 23.4 Å². The number of benzene rings is 1. The molecule has 0 aliphatic carbocycles. The van der Waals surface area contributed by atoms with Gasteiger partial charge in [0.1, 0.15) is 5.82 Å². The fraction of sp³-hybridized carbons (Fsp3) is 0.560. The highest BCUT2D eigenvalue weighted by atomic mass is 19.1. The minimum atomic E-state index is -0.259. The highest BCUT2D eigenvalue weighted by Crippen LogP contribution is 2.32. The molecule has 0 N–H and O–H groups in total. The molecule has 0 radical (unpaired) electrons. The van der Waals surface area contributed by atoms with Gasteiger partial charge in [-0.25, -0.2) is 4.39 Å². The quantitative estimate of drug-likeness (QED) is 0.622. The van der Waals surface area contributed by atoms with E-state index in [1.165, 1.54) is 24.8 Å². The van der Waals surface area contributed by atoms with E-state index in [-0.39, 0.29) is 35.7 Å². The summed E-state index contributed by atoms with van der Waals surface area (Å²) >= 11 is 0. The molecule has 1 aromatic carbocycles. The first-order valence-electron chi connectivity index (χ1n) is 11.9. The van der Waals surface area contributed by atoms with Gasteiger partial charge in [0.05, 0.1) is 57.3 Å². The van der Waals surface area contributed by atoms with Crippen molar-refractivity contribution in [2.45, 2.75) is 51.4 Å². The first-order chi connectivity index (χ1) is 16.4. The number of hydrogen-bond donors (Lipinski definition) is 0. The van der Waals surface area contributed by atoms with Crippen LogP contribution in [0, 0.1) is 18.7 Å². The van der Waals surface area contributed by atoms with Crippen molar-refractivity contribution < 1.29 is 23.5 Å². The van der Waals surface area contributed by atoms with E-state index in [4.69, 9.17) is 14.6 Å². The standard InChI is InChI=1S/C25H31FN4O4/c1-16-22-7-8-28(12-23(22)30(27-16)11-17-3-5-19(26)6-4-17)24(31)13-29-20-9-18(25(32)33-2)10-21(29)15-34-14-20/h3-6,18,20-21H,7-15H2,1-2H3. The van der Waals surface area contributed by atoms with Gasteiger partial charge in [0.25, 0.3) is 0 Å². The average Bonchev–Trinajstić information content (AvgIpc) is 3.14. The number of amides is 1. The molecule has 2 atom stereocenters. The SMILES string of the molecule is COC(=O)C1CC2COCC(C1)N2CC(=O)N1CCc2c(C)nn(Cc3ccc(F)cc3)c2C1. The van der Waals surface area contributed by atoms with Gasteiger partial charge in [-0.05, 0) is 49.4 Å². The van der Waals surface area contributed by atoms with E-state index in [0.29, 0.717) is 52.2 Å². The van der Waals surface area contributed by atoms with E-state index in [2.05, 4.69) is 4.90 Å². The topological polar surface area (TPSA) is 76.9 Å². The van der Waals surface area contributed by atoms with E-state index < -0.39 is 0 Å². The minimum Gasteiger partial charge on any atom is -0.469 e. The Kier molecular flexibility index (Phi) is 6.40. The molecule has 182 valence electrons. The van der Waals surface area contributed by atoms with Gasteiger partial charge in [-0.2, -0.15) is 5.10 Å². The number of piperidine rings is 1. The molecule has 2 bridgehead atoms. The number of esters is 1. The number of ether oxygens (including phenoxy) is 2. The summed E-state index contributed by atoms with van der Waals surface area (Å²) in [5.74, 6) is -0.468. The van der Waals surface area contributed by atoms with Crippen LogP contribution in [0.2, 0.25) is 0 Å². The molecule has 4 heterocycles. The van der Waals surface area contributed by atoms with Gasteiger partial charge in [0.2, 0.25) is 5.91 Å². The predicted octanol–water partition coefficient (Wildman–Crippen LogP) is 1.92. The normalized spacial score (nSPS) is 24.6. The molecule has 3 aliphatic heterocycles. The van der Waals surface area contributed by atoms with Crippen molar-refractivity contribution in [1.82, 2.24) is 19.6 Å². The van der Waals surface area contributed by atoms with Crippen LogP contribution >= 0.6 is 0 Å². The number of nitrogens with zero attached hydrogens (tertiary/aromatic N) is 4. The first-order valence-corrected chi connectivity index (χ1v) is 11.9. The Balaban J connectivity index is 1.27. The third-order valence-electron chi connectivity index (χ3n) is 7.46. The maximum Gasteiger partial charge on any atom is 0.308 e. The van der Waals surface area contributed by atoms with Gasteiger partial charge in [-0.1, -0.05) is 12.1 Å². The van der Waals surface area contributed by atoms with Crippen LogP contribution in [0.4, 0.5) is 4.39 Å². The molecular weight excluding hydrogens is 439 g/mol. The number of aryl methyl sites for hydroxylation is 1. The van der Waals surface area contributed by atoms with Crippen molar-refractivity contribution in [1.29, 1.82) is 0 Å². The molecule has 9 heteroatoms. The second-order valence-corrected chi connectivity index (χ2v) is 9.57. The van der Waals surface area contributed by atoms with Crippen molar-refractivity contribution in [2.24, 2.45) is 5.92 Å². The predicted molar refractivity (Wildman–Crippen MR) is 121 cm³/mol. The molecule has 5 rings (SSSR count). The van der Waals surface area contributed by atoms with E-state index in [1.807, 2.05) is 16.5 Å². The number of methoxy groups -OCH3 is 1. The third-order valence-corrected chi connectivity index (χ3v) is 7.46. The lowest BCUT2D eigenvalue weighted by atomic mass is 9.85. The Hall–Kier alpha value is -2.78. The minimum absolute atomic E-state index is 0.0483. The second-order valence-electron chi connectivity index (χ2n) is 9.57. The monoisotopic (exact) mass is 470 g/mol. The maximum absolute atomic E-state index is 13.4. The van der Waals surface area contributed by atoms with Crippen LogP contribution in [-0.2, 0) is 38.6 Å². The van der Waals surface area contributed by atoms with Crippen LogP contribution in [0.25, 0.3) is 0 Å². The lowest BCUT2D eigenvalue weighted by Gasteiger charge is -2.48. The summed E-state index contributed by atoms with van der Waals surface area (Å²) in [6, 6.07) is 6.54. The molecule has 34 heavy (non-hydrogen) atoms. The number of aromatic nitrogens is 2. The van der Waals surface area contributed by atoms with Gasteiger partial charge in [-0.3, -0.25) is 19.2 Å². The fourth-order valence-electron chi connectivity index (χ4n) is 5.64. The lowest BCUT2D eigenvalue weighted by Crippen LogP contribution is -2.60. The lowest BCUT2D eigenvalue weighted by molar-refractivity contribution is -0.156. The molecule has 2 unspecified atom stereocenters. The number of fused-ring (bicyclic) bond motifs is 3. The molecule has 2 saturated heterocycles. The number of carbonyl (C=O) groups excluding carboxylic acids is 2. The van der Waals surface area contributed by atoms with Crippen LogP contribution in [0.5, 0.6) is 0 Å². The number of rotatable bonds is 5. The zero-order valence-electron chi connectivity index (χ0n) is 19.7. The highest BCUT2D eigenvalue weighted by Gasteiger charge is 2.43. The molecule has 8 nitrogen and oxygen atoms in total. The van der Waals surface area contributed by atoms with Crippen LogP contribution < -0.4 is 0 Å². The van der Waals surface area contributed by atoms with Crippen molar-refractivity contribution in [3.8, 4) is 0 Å². The molecule has 3 aliphatic rings. The van der Waals surface area contributed by atoms with E-state index >= 15 is 0 Å². The van der Waals surface area contributed by atoms with Gasteiger partial charge in [0.15, 0.2) is 0 Å². The third kappa shape index (κ3) is 4.46. The molecule has 1 amide bonds. The number of morpholine rings is 1. The maximum atomic E-state index is 13.4. The fourth-order valence-corrected chi connectivity index (χ4v) is 5.64. The molecule has 1 aromatic heterocycles. The Morgan fingerprint density at radius 3 is 2.56 bits per heavy atom. The van der Waals surface area contributed by atoms with Crippen LogP contribution in [-0.4, -0.2) is 77.0 Å². The summed E-state index contributed by atoms with van der Waals surface area (Å²) in [7, 11) is 1.43. The molecule has 2 fully saturated rings. The Bertz CT molecular complexity index is 1060. The number of hydrogen-bond acceptors (Lipinski definition) is 6. The zero-order valence-corrected chi connectivity index (χ0v) is 19.7. The molecule has 0 spiro atoms. The van der Waals surface area contributed by atoms with Crippen molar-refractivity contribution in [3.63, 3.8) is 0 Å². The van der Waals surface area contributed by atoms with Crippen molar-refractivity contribution in [2.75, 3.05) is 33.4 Å². The summed E-state index contributed by atoms with van der Waals surface area (Å²) in [5, 5.41) is 4.71. The van der Waals surface area contributed by atoms with Crippen molar-refractivity contribution in [3.05, 3.63) is 52.6 Å². The Labute approximate surface area is 198 Å². The summed E-state index contributed by atoms with van der Waals surface area (Å²) in [4.78, 5) is 29.6. The van der Waals surface area contributed by atoms with Crippen molar-refractivity contribution >= 4 is 11.9 Å². The molecule has 0 saturated carbocycles. The van der Waals surface area contributed by atoms with E-state index in [1.54, 1.807) is 12.1 Å². The largest absolute Gasteiger partial charge is 0.469 e.